The van der Waals surface area contributed by atoms with Gasteiger partial charge in [-0.1, -0.05) is 18.2 Å². The number of nitrogens with one attached hydrogen (secondary N) is 1. The van der Waals surface area contributed by atoms with Gasteiger partial charge in [-0.25, -0.2) is 0 Å². The molecule has 3 aromatic rings. The maximum Gasteiger partial charge on any atom is 0.153 e. The van der Waals surface area contributed by atoms with Crippen LogP contribution in [-0.2, 0) is 11.3 Å². The molecule has 5 heteroatoms. The number of aromatic amines is 1. The van der Waals surface area contributed by atoms with Crippen LogP contribution >= 0.6 is 0 Å². The third-order valence-corrected chi connectivity index (χ3v) is 4.94. The predicted molar refractivity (Wildman–Crippen MR) is 98.3 cm³/mol. The highest BCUT2D eigenvalue weighted by atomic mass is 16.5. The summed E-state index contributed by atoms with van der Waals surface area (Å²) in [6.07, 6.45) is 7.12. The third kappa shape index (κ3) is 3.78. The lowest BCUT2D eigenvalue weighted by Crippen LogP contribution is -2.26. The molecule has 1 aliphatic heterocycles. The molecule has 0 aliphatic carbocycles. The van der Waals surface area contributed by atoms with Crippen LogP contribution in [0.4, 0.5) is 0 Å². The average Bonchev–Trinajstić information content (AvgIpc) is 3.27. The second-order valence-electron chi connectivity index (χ2n) is 6.93. The number of fused-ring (bicyclic) bond motifs is 1. The molecule has 1 aliphatic rings. The zero-order valence-electron chi connectivity index (χ0n) is 14.7. The molecule has 1 atom stereocenters. The van der Waals surface area contributed by atoms with Crippen LogP contribution in [0.5, 0.6) is 0 Å². The van der Waals surface area contributed by atoms with Crippen molar-refractivity contribution < 1.29 is 9.15 Å². The Morgan fingerprint density at radius 1 is 1.28 bits per heavy atom. The highest BCUT2D eigenvalue weighted by Crippen LogP contribution is 2.29. The first kappa shape index (κ1) is 16.4. The zero-order chi connectivity index (χ0) is 17.1. The number of aromatic nitrogens is 2. The Morgan fingerprint density at radius 2 is 2.20 bits per heavy atom. The fourth-order valence-electron chi connectivity index (χ4n) is 3.52. The van der Waals surface area contributed by atoms with E-state index in [9.17, 15) is 0 Å². The summed E-state index contributed by atoms with van der Waals surface area (Å²) in [7, 11) is 2.15. The maximum absolute atomic E-state index is 5.98. The van der Waals surface area contributed by atoms with Crippen molar-refractivity contribution in [2.24, 2.45) is 0 Å². The van der Waals surface area contributed by atoms with E-state index in [-0.39, 0.29) is 0 Å². The van der Waals surface area contributed by atoms with Crippen LogP contribution in [0.2, 0.25) is 0 Å². The molecule has 0 amide bonds. The Morgan fingerprint density at radius 3 is 3.04 bits per heavy atom. The number of para-hydroxylation sites is 1. The SMILES string of the molecule is CN(CC[C@H]1CCCCO1)Cc1cn[nH]c1-c1cc2ccccc2o1. The predicted octanol–water partition coefficient (Wildman–Crippen LogP) is 4.21. The van der Waals surface area contributed by atoms with Gasteiger partial charge in [0.1, 0.15) is 11.3 Å². The molecule has 132 valence electrons. The minimum atomic E-state index is 0.426. The Bertz CT molecular complexity index is 784. The first-order valence-corrected chi connectivity index (χ1v) is 9.11. The summed E-state index contributed by atoms with van der Waals surface area (Å²) in [4.78, 5) is 2.33. The first-order valence-electron chi connectivity index (χ1n) is 9.11. The molecule has 4 rings (SSSR count). The second-order valence-corrected chi connectivity index (χ2v) is 6.93. The summed E-state index contributed by atoms with van der Waals surface area (Å²) >= 11 is 0. The van der Waals surface area contributed by atoms with Crippen LogP contribution in [0.3, 0.4) is 0 Å². The number of ether oxygens (including phenoxy) is 1. The van der Waals surface area contributed by atoms with E-state index < -0.39 is 0 Å². The number of nitrogens with zero attached hydrogens (tertiary/aromatic N) is 2. The van der Waals surface area contributed by atoms with Gasteiger partial charge in [0.2, 0.25) is 0 Å². The third-order valence-electron chi connectivity index (χ3n) is 4.94. The normalized spacial score (nSPS) is 18.2. The van der Waals surface area contributed by atoms with Crippen molar-refractivity contribution in [2.45, 2.75) is 38.3 Å². The topological polar surface area (TPSA) is 54.3 Å². The summed E-state index contributed by atoms with van der Waals surface area (Å²) in [5.74, 6) is 0.845. The number of rotatable bonds is 6. The summed E-state index contributed by atoms with van der Waals surface area (Å²) in [6.45, 7) is 2.79. The lowest BCUT2D eigenvalue weighted by Gasteiger charge is -2.25. The first-order chi connectivity index (χ1) is 12.3. The number of H-pyrrole nitrogens is 1. The van der Waals surface area contributed by atoms with Crippen molar-refractivity contribution in [3.8, 4) is 11.5 Å². The number of furan rings is 1. The van der Waals surface area contributed by atoms with Crippen LogP contribution in [0.15, 0.2) is 40.9 Å². The summed E-state index contributed by atoms with van der Waals surface area (Å²) in [5, 5.41) is 8.45. The van der Waals surface area contributed by atoms with Crippen molar-refractivity contribution >= 4 is 11.0 Å². The molecular weight excluding hydrogens is 314 g/mol. The van der Waals surface area contributed by atoms with E-state index in [0.29, 0.717) is 6.10 Å². The van der Waals surface area contributed by atoms with Crippen molar-refractivity contribution in [3.63, 3.8) is 0 Å². The fraction of sp³-hybridized carbons (Fsp3) is 0.450. The Kier molecular flexibility index (Phi) is 4.85. The Balaban J connectivity index is 1.42. The molecule has 0 spiro atoms. The average molecular weight is 339 g/mol. The lowest BCUT2D eigenvalue weighted by molar-refractivity contribution is 0.00641. The van der Waals surface area contributed by atoms with Gasteiger partial charge in [-0.2, -0.15) is 5.10 Å². The summed E-state index contributed by atoms with van der Waals surface area (Å²) in [5.41, 5.74) is 3.03. The molecule has 1 saturated heterocycles. The zero-order valence-corrected chi connectivity index (χ0v) is 14.7. The van der Waals surface area contributed by atoms with E-state index in [0.717, 1.165) is 54.1 Å². The molecule has 0 saturated carbocycles. The van der Waals surface area contributed by atoms with Crippen molar-refractivity contribution in [1.82, 2.24) is 15.1 Å². The summed E-state index contributed by atoms with van der Waals surface area (Å²) < 4.78 is 11.8. The van der Waals surface area contributed by atoms with Crippen LogP contribution in [-0.4, -0.2) is 41.4 Å². The highest BCUT2D eigenvalue weighted by molar-refractivity contribution is 5.82. The molecule has 0 bridgehead atoms. The Hall–Kier alpha value is -2.11. The molecule has 1 aromatic carbocycles. The molecular formula is C20H25N3O2. The standard InChI is InChI=1S/C20H25N3O2/c1-23(10-9-17-7-4-5-11-24-17)14-16-13-21-22-20(16)19-12-15-6-2-3-8-18(15)25-19/h2-3,6,8,12-13,17H,4-5,7,9-11,14H2,1H3,(H,21,22)/t17-/m1/s1. The Labute approximate surface area is 148 Å². The van der Waals surface area contributed by atoms with E-state index in [4.69, 9.17) is 9.15 Å². The number of hydrogen-bond acceptors (Lipinski definition) is 4. The van der Waals surface area contributed by atoms with E-state index in [1.54, 1.807) is 0 Å². The molecule has 1 N–H and O–H groups in total. The van der Waals surface area contributed by atoms with Crippen molar-refractivity contribution in [3.05, 3.63) is 42.1 Å². The molecule has 3 heterocycles. The smallest absolute Gasteiger partial charge is 0.153 e. The van der Waals surface area contributed by atoms with Crippen LogP contribution in [0.1, 0.15) is 31.2 Å². The maximum atomic E-state index is 5.98. The summed E-state index contributed by atoms with van der Waals surface area (Å²) in [6, 6.07) is 10.1. The number of benzene rings is 1. The van der Waals surface area contributed by atoms with Gasteiger partial charge in [0.15, 0.2) is 5.76 Å². The molecule has 1 fully saturated rings. The van der Waals surface area contributed by atoms with Crippen molar-refractivity contribution in [2.75, 3.05) is 20.2 Å². The van der Waals surface area contributed by atoms with Gasteiger partial charge >= 0.3 is 0 Å². The van der Waals surface area contributed by atoms with Gasteiger partial charge in [0, 0.05) is 30.6 Å². The molecule has 5 nitrogen and oxygen atoms in total. The van der Waals surface area contributed by atoms with Gasteiger partial charge in [-0.3, -0.25) is 5.10 Å². The second kappa shape index (κ2) is 7.42. The quantitative estimate of drug-likeness (QED) is 0.731. The van der Waals surface area contributed by atoms with Crippen LogP contribution in [0, 0.1) is 0 Å². The molecule has 0 unspecified atom stereocenters. The van der Waals surface area contributed by atoms with E-state index in [2.05, 4.69) is 34.3 Å². The van der Waals surface area contributed by atoms with Crippen LogP contribution < -0.4 is 0 Å². The highest BCUT2D eigenvalue weighted by Gasteiger charge is 2.17. The largest absolute Gasteiger partial charge is 0.454 e. The minimum absolute atomic E-state index is 0.426. The van der Waals surface area contributed by atoms with Gasteiger partial charge < -0.3 is 14.1 Å². The molecule has 0 radical (unpaired) electrons. The minimum Gasteiger partial charge on any atom is -0.454 e. The van der Waals surface area contributed by atoms with Gasteiger partial charge in [-0.15, -0.1) is 0 Å². The monoisotopic (exact) mass is 339 g/mol. The number of hydrogen-bond donors (Lipinski definition) is 1. The molecule has 25 heavy (non-hydrogen) atoms. The molecule has 2 aromatic heterocycles. The van der Waals surface area contributed by atoms with E-state index >= 15 is 0 Å². The van der Waals surface area contributed by atoms with E-state index in [1.807, 2.05) is 24.4 Å². The van der Waals surface area contributed by atoms with E-state index in [1.165, 1.54) is 19.3 Å². The van der Waals surface area contributed by atoms with Gasteiger partial charge in [0.25, 0.3) is 0 Å². The van der Waals surface area contributed by atoms with Gasteiger partial charge in [-0.05, 0) is 44.9 Å². The fourth-order valence-corrected chi connectivity index (χ4v) is 3.52. The van der Waals surface area contributed by atoms with Crippen LogP contribution in [0.25, 0.3) is 22.4 Å². The van der Waals surface area contributed by atoms with Crippen molar-refractivity contribution in [1.29, 1.82) is 0 Å². The van der Waals surface area contributed by atoms with Gasteiger partial charge in [0.05, 0.1) is 12.3 Å². The lowest BCUT2D eigenvalue weighted by atomic mass is 10.1.